The number of aliphatic hydroxyl groups is 2. The highest BCUT2D eigenvalue weighted by atomic mass is 19.2. The van der Waals surface area contributed by atoms with E-state index in [1.165, 1.54) is 6.07 Å². The van der Waals surface area contributed by atoms with Gasteiger partial charge in [-0.2, -0.15) is 0 Å². The summed E-state index contributed by atoms with van der Waals surface area (Å²) >= 11 is 0. The van der Waals surface area contributed by atoms with Crippen LogP contribution in [-0.4, -0.2) is 38.1 Å². The molecule has 0 radical (unpaired) electrons. The summed E-state index contributed by atoms with van der Waals surface area (Å²) in [5.41, 5.74) is 6.94. The molecule has 1 aliphatic rings. The highest BCUT2D eigenvalue weighted by molar-refractivity contribution is 5.75. The fraction of sp³-hybridized carbons (Fsp3) is 0.278. The molecule has 5 atom stereocenters. The first-order valence-corrected chi connectivity index (χ1v) is 8.11. The molecular formula is C18H17F2N3O3. The van der Waals surface area contributed by atoms with Gasteiger partial charge in [0, 0.05) is 17.8 Å². The van der Waals surface area contributed by atoms with Crippen LogP contribution in [0.15, 0.2) is 48.8 Å². The lowest BCUT2D eigenvalue weighted by atomic mass is 9.97. The Bertz CT molecular complexity index is 948. The SMILES string of the molecule is NC(c1ccc(F)c(F)c1)C1OC(n2ccc3cccnc32)C(O)C1O. The summed E-state index contributed by atoms with van der Waals surface area (Å²) in [4.78, 5) is 4.26. The monoisotopic (exact) mass is 361 g/mol. The summed E-state index contributed by atoms with van der Waals surface area (Å²) in [6.07, 6.45) is -1.15. The van der Waals surface area contributed by atoms with Crippen molar-refractivity contribution in [2.75, 3.05) is 0 Å². The average Bonchev–Trinajstić information content (AvgIpc) is 3.19. The van der Waals surface area contributed by atoms with Crippen LogP contribution in [-0.2, 0) is 4.74 Å². The maximum absolute atomic E-state index is 13.5. The van der Waals surface area contributed by atoms with Crippen molar-refractivity contribution < 1.29 is 23.7 Å². The van der Waals surface area contributed by atoms with Crippen LogP contribution in [0, 0.1) is 11.6 Å². The van der Waals surface area contributed by atoms with Crippen molar-refractivity contribution in [3.8, 4) is 0 Å². The fourth-order valence-corrected chi connectivity index (χ4v) is 3.31. The number of nitrogens with zero attached hydrogens (tertiary/aromatic N) is 2. The topological polar surface area (TPSA) is 93.5 Å². The van der Waals surface area contributed by atoms with Gasteiger partial charge in [0.2, 0.25) is 0 Å². The maximum atomic E-state index is 13.5. The van der Waals surface area contributed by atoms with E-state index in [1.807, 2.05) is 12.1 Å². The molecule has 1 aromatic carbocycles. The van der Waals surface area contributed by atoms with E-state index in [4.69, 9.17) is 10.5 Å². The van der Waals surface area contributed by atoms with Crippen LogP contribution in [0.4, 0.5) is 8.78 Å². The van der Waals surface area contributed by atoms with Crippen molar-refractivity contribution in [3.63, 3.8) is 0 Å². The lowest BCUT2D eigenvalue weighted by Crippen LogP contribution is -2.38. The second kappa shape index (κ2) is 6.40. The zero-order valence-electron chi connectivity index (χ0n) is 13.5. The van der Waals surface area contributed by atoms with Gasteiger partial charge >= 0.3 is 0 Å². The molecular weight excluding hydrogens is 344 g/mol. The van der Waals surface area contributed by atoms with E-state index >= 15 is 0 Å². The molecule has 4 rings (SSSR count). The van der Waals surface area contributed by atoms with Crippen molar-refractivity contribution in [3.05, 3.63) is 66.0 Å². The molecule has 136 valence electrons. The summed E-state index contributed by atoms with van der Waals surface area (Å²) in [5.74, 6) is -2.03. The van der Waals surface area contributed by atoms with Gasteiger partial charge in [0.25, 0.3) is 0 Å². The molecule has 1 saturated heterocycles. The number of aliphatic hydroxyl groups excluding tert-OH is 2. The molecule has 0 amide bonds. The van der Waals surface area contributed by atoms with Crippen molar-refractivity contribution in [1.82, 2.24) is 9.55 Å². The van der Waals surface area contributed by atoms with Gasteiger partial charge in [0.05, 0.1) is 6.04 Å². The van der Waals surface area contributed by atoms with Gasteiger partial charge in [0.1, 0.15) is 24.0 Å². The summed E-state index contributed by atoms with van der Waals surface area (Å²) in [5, 5.41) is 21.7. The quantitative estimate of drug-likeness (QED) is 0.659. The lowest BCUT2D eigenvalue weighted by Gasteiger charge is -2.22. The first kappa shape index (κ1) is 17.0. The predicted octanol–water partition coefficient (Wildman–Crippen LogP) is 1.63. The minimum atomic E-state index is -1.30. The Balaban J connectivity index is 1.64. The Morgan fingerprint density at radius 2 is 1.92 bits per heavy atom. The molecule has 3 aromatic rings. The number of halogens is 2. The standard InChI is InChI=1S/C18H17F2N3O3/c19-11-4-3-10(8-12(11)20)13(21)16-14(24)15(25)18(26-16)23-7-5-9-2-1-6-22-17(9)23/h1-8,13-16,18,24-25H,21H2. The highest BCUT2D eigenvalue weighted by Gasteiger charge is 2.46. The van der Waals surface area contributed by atoms with E-state index in [9.17, 15) is 19.0 Å². The van der Waals surface area contributed by atoms with Crippen molar-refractivity contribution in [2.45, 2.75) is 30.6 Å². The average molecular weight is 361 g/mol. The molecule has 0 saturated carbocycles. The molecule has 8 heteroatoms. The Labute approximate surface area is 147 Å². The zero-order valence-corrected chi connectivity index (χ0v) is 13.5. The Hall–Kier alpha value is -2.39. The largest absolute Gasteiger partial charge is 0.387 e. The Morgan fingerprint density at radius 1 is 1.12 bits per heavy atom. The number of hydrogen-bond donors (Lipinski definition) is 3. The van der Waals surface area contributed by atoms with Crippen LogP contribution in [0.3, 0.4) is 0 Å². The number of benzene rings is 1. The number of fused-ring (bicyclic) bond motifs is 1. The first-order valence-electron chi connectivity index (χ1n) is 8.11. The van der Waals surface area contributed by atoms with Crippen LogP contribution in [0.5, 0.6) is 0 Å². The molecule has 6 nitrogen and oxygen atoms in total. The molecule has 26 heavy (non-hydrogen) atoms. The Morgan fingerprint density at radius 3 is 2.69 bits per heavy atom. The molecule has 2 aromatic heterocycles. The summed E-state index contributed by atoms with van der Waals surface area (Å²) in [7, 11) is 0. The molecule has 1 aliphatic heterocycles. The number of pyridine rings is 1. The summed E-state index contributed by atoms with van der Waals surface area (Å²) in [6.45, 7) is 0. The maximum Gasteiger partial charge on any atom is 0.164 e. The third-order valence-electron chi connectivity index (χ3n) is 4.71. The third kappa shape index (κ3) is 2.67. The van der Waals surface area contributed by atoms with Crippen LogP contribution in [0.25, 0.3) is 11.0 Å². The summed E-state index contributed by atoms with van der Waals surface area (Å²) in [6, 6.07) is 7.76. The zero-order chi connectivity index (χ0) is 18.4. The normalized spacial score (nSPS) is 27.1. The Kier molecular flexibility index (Phi) is 4.20. The van der Waals surface area contributed by atoms with Crippen molar-refractivity contribution in [1.29, 1.82) is 0 Å². The minimum absolute atomic E-state index is 0.260. The fourth-order valence-electron chi connectivity index (χ4n) is 3.31. The third-order valence-corrected chi connectivity index (χ3v) is 4.71. The second-order valence-electron chi connectivity index (χ2n) is 6.31. The van der Waals surface area contributed by atoms with Gasteiger partial charge in [-0.1, -0.05) is 6.07 Å². The number of nitrogens with two attached hydrogens (primary N) is 1. The molecule has 0 aliphatic carbocycles. The van der Waals surface area contributed by atoms with Crippen LogP contribution in [0.2, 0.25) is 0 Å². The van der Waals surface area contributed by atoms with E-state index < -0.39 is 42.2 Å². The molecule has 1 fully saturated rings. The van der Waals surface area contributed by atoms with Crippen molar-refractivity contribution in [2.24, 2.45) is 5.73 Å². The first-order chi connectivity index (χ1) is 12.5. The number of ether oxygens (including phenoxy) is 1. The molecule has 3 heterocycles. The van der Waals surface area contributed by atoms with Gasteiger partial charge in [-0.05, 0) is 35.9 Å². The number of hydrogen-bond acceptors (Lipinski definition) is 5. The van der Waals surface area contributed by atoms with E-state index in [0.29, 0.717) is 5.65 Å². The van der Waals surface area contributed by atoms with Gasteiger partial charge in [0.15, 0.2) is 17.9 Å². The van der Waals surface area contributed by atoms with Crippen LogP contribution in [0.1, 0.15) is 17.8 Å². The summed E-state index contributed by atoms with van der Waals surface area (Å²) < 4.78 is 34.0. The van der Waals surface area contributed by atoms with Gasteiger partial charge in [-0.3, -0.25) is 0 Å². The smallest absolute Gasteiger partial charge is 0.164 e. The van der Waals surface area contributed by atoms with E-state index in [-0.39, 0.29) is 5.56 Å². The van der Waals surface area contributed by atoms with Crippen LogP contribution >= 0.6 is 0 Å². The predicted molar refractivity (Wildman–Crippen MR) is 88.9 cm³/mol. The van der Waals surface area contributed by atoms with Gasteiger partial charge < -0.3 is 25.3 Å². The minimum Gasteiger partial charge on any atom is -0.387 e. The number of aromatic nitrogens is 2. The molecule has 0 bridgehead atoms. The van der Waals surface area contributed by atoms with Crippen LogP contribution < -0.4 is 5.73 Å². The highest BCUT2D eigenvalue weighted by Crippen LogP contribution is 2.36. The van der Waals surface area contributed by atoms with E-state index in [1.54, 1.807) is 23.0 Å². The number of rotatable bonds is 3. The molecule has 5 unspecified atom stereocenters. The van der Waals surface area contributed by atoms with Crippen molar-refractivity contribution >= 4 is 11.0 Å². The van der Waals surface area contributed by atoms with E-state index in [2.05, 4.69) is 4.98 Å². The second-order valence-corrected chi connectivity index (χ2v) is 6.31. The lowest BCUT2D eigenvalue weighted by molar-refractivity contribution is -0.0422. The van der Waals surface area contributed by atoms with Gasteiger partial charge in [-0.15, -0.1) is 0 Å². The van der Waals surface area contributed by atoms with E-state index in [0.717, 1.165) is 17.5 Å². The molecule has 0 spiro atoms. The van der Waals surface area contributed by atoms with Gasteiger partial charge in [-0.25, -0.2) is 13.8 Å². The molecule has 4 N–H and O–H groups in total.